The molecule has 2 aromatic carbocycles. The quantitative estimate of drug-likeness (QED) is 0.724. The molecule has 4 rings (SSSR count). The number of amides is 1. The highest BCUT2D eigenvalue weighted by Crippen LogP contribution is 2.29. The van der Waals surface area contributed by atoms with Crippen molar-refractivity contribution < 1.29 is 9.53 Å². The van der Waals surface area contributed by atoms with Gasteiger partial charge in [-0.15, -0.1) is 0 Å². The SMILES string of the molecule is COc1cccc2c(=O)c(C(=O)N3CCc4ccccc43)cn(C)c12. The summed E-state index contributed by atoms with van der Waals surface area (Å²) < 4.78 is 7.14. The van der Waals surface area contributed by atoms with Crippen LogP contribution in [0.5, 0.6) is 5.75 Å². The number of rotatable bonds is 2. The Morgan fingerprint density at radius 1 is 1.12 bits per heavy atom. The Balaban J connectivity index is 1.87. The summed E-state index contributed by atoms with van der Waals surface area (Å²) >= 11 is 0. The molecule has 1 aliphatic rings. The summed E-state index contributed by atoms with van der Waals surface area (Å²) in [7, 11) is 3.39. The molecule has 0 aliphatic carbocycles. The maximum absolute atomic E-state index is 13.1. The molecule has 25 heavy (non-hydrogen) atoms. The fourth-order valence-electron chi connectivity index (χ4n) is 3.54. The Bertz CT molecular complexity index is 1050. The van der Waals surface area contributed by atoms with Crippen molar-refractivity contribution in [1.82, 2.24) is 4.57 Å². The molecule has 0 unspecified atom stereocenters. The van der Waals surface area contributed by atoms with Gasteiger partial charge in [-0.25, -0.2) is 0 Å². The minimum absolute atomic E-state index is 0.181. The van der Waals surface area contributed by atoms with E-state index in [1.165, 1.54) is 0 Å². The van der Waals surface area contributed by atoms with E-state index in [1.807, 2.05) is 31.3 Å². The van der Waals surface area contributed by atoms with E-state index in [2.05, 4.69) is 0 Å². The van der Waals surface area contributed by atoms with Crippen LogP contribution in [0.3, 0.4) is 0 Å². The molecule has 5 heteroatoms. The first-order valence-electron chi connectivity index (χ1n) is 8.18. The van der Waals surface area contributed by atoms with E-state index < -0.39 is 0 Å². The van der Waals surface area contributed by atoms with E-state index in [0.717, 1.165) is 17.7 Å². The van der Waals surface area contributed by atoms with Crippen LogP contribution in [0.15, 0.2) is 53.5 Å². The zero-order valence-corrected chi connectivity index (χ0v) is 14.2. The van der Waals surface area contributed by atoms with E-state index in [1.54, 1.807) is 41.0 Å². The third-order valence-corrected chi connectivity index (χ3v) is 4.75. The molecule has 1 aromatic heterocycles. The molecule has 1 aliphatic heterocycles. The number of para-hydroxylation sites is 2. The fraction of sp³-hybridized carbons (Fsp3) is 0.200. The third-order valence-electron chi connectivity index (χ3n) is 4.75. The molecular formula is C20H18N2O3. The maximum Gasteiger partial charge on any atom is 0.263 e. The molecule has 126 valence electrons. The first-order valence-corrected chi connectivity index (χ1v) is 8.18. The number of anilines is 1. The molecule has 0 saturated heterocycles. The number of methoxy groups -OCH3 is 1. The van der Waals surface area contributed by atoms with Crippen molar-refractivity contribution in [3.8, 4) is 5.75 Å². The normalized spacial score (nSPS) is 13.1. The molecule has 0 radical (unpaired) electrons. The van der Waals surface area contributed by atoms with Gasteiger partial charge < -0.3 is 14.2 Å². The molecule has 3 aromatic rings. The van der Waals surface area contributed by atoms with Crippen LogP contribution in [0, 0.1) is 0 Å². The van der Waals surface area contributed by atoms with Gasteiger partial charge >= 0.3 is 0 Å². The smallest absolute Gasteiger partial charge is 0.263 e. The number of hydrogen-bond donors (Lipinski definition) is 0. The van der Waals surface area contributed by atoms with Crippen molar-refractivity contribution in [1.29, 1.82) is 0 Å². The summed E-state index contributed by atoms with van der Waals surface area (Å²) in [5, 5.41) is 0.486. The van der Waals surface area contributed by atoms with Crippen molar-refractivity contribution in [2.45, 2.75) is 6.42 Å². The van der Waals surface area contributed by atoms with Crippen molar-refractivity contribution in [2.24, 2.45) is 7.05 Å². The van der Waals surface area contributed by atoms with Gasteiger partial charge in [-0.1, -0.05) is 24.3 Å². The van der Waals surface area contributed by atoms with E-state index in [-0.39, 0.29) is 16.9 Å². The summed E-state index contributed by atoms with van der Waals surface area (Å²) in [4.78, 5) is 27.7. The number of aryl methyl sites for hydroxylation is 1. The predicted molar refractivity (Wildman–Crippen MR) is 97.6 cm³/mol. The summed E-state index contributed by atoms with van der Waals surface area (Å²) in [6, 6.07) is 13.1. The summed E-state index contributed by atoms with van der Waals surface area (Å²) in [5.41, 5.74) is 2.63. The van der Waals surface area contributed by atoms with Crippen molar-refractivity contribution in [2.75, 3.05) is 18.6 Å². The van der Waals surface area contributed by atoms with Gasteiger partial charge in [0, 0.05) is 25.5 Å². The van der Waals surface area contributed by atoms with Crippen LogP contribution in [0.25, 0.3) is 10.9 Å². The van der Waals surface area contributed by atoms with Crippen LogP contribution in [0.1, 0.15) is 15.9 Å². The van der Waals surface area contributed by atoms with Gasteiger partial charge in [0.05, 0.1) is 18.0 Å². The fourth-order valence-corrected chi connectivity index (χ4v) is 3.54. The lowest BCUT2D eigenvalue weighted by atomic mass is 10.1. The van der Waals surface area contributed by atoms with Crippen molar-refractivity contribution in [3.63, 3.8) is 0 Å². The van der Waals surface area contributed by atoms with Crippen LogP contribution in [-0.2, 0) is 13.5 Å². The Labute approximate surface area is 145 Å². The van der Waals surface area contributed by atoms with Gasteiger partial charge in [0.25, 0.3) is 5.91 Å². The first kappa shape index (κ1) is 15.4. The molecule has 0 bridgehead atoms. The maximum atomic E-state index is 13.1. The van der Waals surface area contributed by atoms with Gasteiger partial charge in [0.1, 0.15) is 11.3 Å². The van der Waals surface area contributed by atoms with Gasteiger partial charge in [-0.3, -0.25) is 9.59 Å². The highest BCUT2D eigenvalue weighted by Gasteiger charge is 2.27. The molecule has 5 nitrogen and oxygen atoms in total. The molecule has 2 heterocycles. The number of nitrogens with zero attached hydrogens (tertiary/aromatic N) is 2. The number of benzene rings is 2. The standard InChI is InChI=1S/C20H18N2O3/c1-21-12-15(19(23)14-7-5-9-17(25-2)18(14)21)20(24)22-11-10-13-6-3-4-8-16(13)22/h3-9,12H,10-11H2,1-2H3. The number of carbonyl (C=O) groups excluding carboxylic acids is 1. The summed E-state index contributed by atoms with van der Waals surface area (Å²) in [6.07, 6.45) is 2.42. The summed E-state index contributed by atoms with van der Waals surface area (Å²) in [6.45, 7) is 0.595. The number of aromatic nitrogens is 1. The number of ether oxygens (including phenoxy) is 1. The lowest BCUT2D eigenvalue weighted by molar-refractivity contribution is 0.0988. The molecular weight excluding hydrogens is 316 g/mol. The van der Waals surface area contributed by atoms with Gasteiger partial charge in [-0.05, 0) is 30.2 Å². The monoisotopic (exact) mass is 334 g/mol. The Hall–Kier alpha value is -3.08. The van der Waals surface area contributed by atoms with E-state index in [4.69, 9.17) is 4.74 Å². The molecule has 0 N–H and O–H groups in total. The highest BCUT2D eigenvalue weighted by atomic mass is 16.5. The van der Waals surface area contributed by atoms with Crippen LogP contribution in [0.4, 0.5) is 5.69 Å². The number of pyridine rings is 1. The minimum atomic E-state index is -0.263. The zero-order chi connectivity index (χ0) is 17.6. The second-order valence-electron chi connectivity index (χ2n) is 6.17. The van der Waals surface area contributed by atoms with Gasteiger partial charge in [0.2, 0.25) is 5.43 Å². The molecule has 0 atom stereocenters. The second-order valence-corrected chi connectivity index (χ2v) is 6.17. The van der Waals surface area contributed by atoms with Crippen molar-refractivity contribution in [3.05, 3.63) is 70.0 Å². The number of fused-ring (bicyclic) bond motifs is 2. The Morgan fingerprint density at radius 2 is 1.92 bits per heavy atom. The van der Waals surface area contributed by atoms with E-state index in [0.29, 0.717) is 23.2 Å². The van der Waals surface area contributed by atoms with Crippen LogP contribution in [0.2, 0.25) is 0 Å². The predicted octanol–water partition coefficient (Wildman–Crippen LogP) is 2.75. The number of hydrogen-bond acceptors (Lipinski definition) is 3. The second kappa shape index (κ2) is 5.77. The molecule has 1 amide bonds. The average molecular weight is 334 g/mol. The van der Waals surface area contributed by atoms with Gasteiger partial charge in [-0.2, -0.15) is 0 Å². The Morgan fingerprint density at radius 3 is 2.72 bits per heavy atom. The number of carbonyl (C=O) groups is 1. The van der Waals surface area contributed by atoms with E-state index in [9.17, 15) is 9.59 Å². The van der Waals surface area contributed by atoms with Crippen LogP contribution >= 0.6 is 0 Å². The third kappa shape index (κ3) is 2.31. The zero-order valence-electron chi connectivity index (χ0n) is 14.2. The Kier molecular flexibility index (Phi) is 3.57. The van der Waals surface area contributed by atoms with Crippen LogP contribution in [-0.4, -0.2) is 24.1 Å². The first-order chi connectivity index (χ1) is 12.1. The lowest BCUT2D eigenvalue weighted by Gasteiger charge is -2.18. The highest BCUT2D eigenvalue weighted by molar-refractivity contribution is 6.08. The van der Waals surface area contributed by atoms with Gasteiger partial charge in [0.15, 0.2) is 0 Å². The molecule has 0 fully saturated rings. The minimum Gasteiger partial charge on any atom is -0.495 e. The van der Waals surface area contributed by atoms with E-state index >= 15 is 0 Å². The summed E-state index contributed by atoms with van der Waals surface area (Å²) in [5.74, 6) is 0.359. The van der Waals surface area contributed by atoms with Crippen LogP contribution < -0.4 is 15.1 Å². The molecule has 0 spiro atoms. The topological polar surface area (TPSA) is 51.5 Å². The molecule has 0 saturated carbocycles. The average Bonchev–Trinajstić information content (AvgIpc) is 3.07. The largest absolute Gasteiger partial charge is 0.495 e. The lowest BCUT2D eigenvalue weighted by Crippen LogP contribution is -2.33. The van der Waals surface area contributed by atoms with Crippen molar-refractivity contribution >= 4 is 22.5 Å².